The van der Waals surface area contributed by atoms with Crippen molar-refractivity contribution in [1.82, 2.24) is 9.78 Å². The Morgan fingerprint density at radius 3 is 2.34 bits per heavy atom. The average molecular weight is 394 g/mol. The Morgan fingerprint density at radius 1 is 1.10 bits per heavy atom. The second-order valence-electron chi connectivity index (χ2n) is 6.98. The molecule has 0 saturated carbocycles. The number of rotatable bonds is 6. The summed E-state index contributed by atoms with van der Waals surface area (Å²) in [6, 6.07) is 11.1. The minimum absolute atomic E-state index is 0.176. The largest absolute Gasteiger partial charge is 0.457 e. The lowest BCUT2D eigenvalue weighted by molar-refractivity contribution is -0.384. The standard InChI is InChI=1S/C21H22N4O4/c1-13-7-14(2)9-19(8-13)29-20-11-17(10-18(12-20)25(27)28)23-21(26)16(4)24-15(3)5-6-22-24/h5-12,16H,1-4H3,(H,23,26). The highest BCUT2D eigenvalue weighted by atomic mass is 16.6. The Bertz CT molecular complexity index is 1050. The van der Waals surface area contributed by atoms with Crippen molar-refractivity contribution < 1.29 is 14.5 Å². The van der Waals surface area contributed by atoms with Crippen LogP contribution in [0.4, 0.5) is 11.4 Å². The topological polar surface area (TPSA) is 99.3 Å². The molecule has 1 aromatic heterocycles. The van der Waals surface area contributed by atoms with Crippen LogP contribution in [0.2, 0.25) is 0 Å². The van der Waals surface area contributed by atoms with Gasteiger partial charge in [0.15, 0.2) is 0 Å². The lowest BCUT2D eigenvalue weighted by atomic mass is 10.1. The fourth-order valence-corrected chi connectivity index (χ4v) is 3.09. The molecule has 8 heteroatoms. The van der Waals surface area contributed by atoms with Gasteiger partial charge in [-0.3, -0.25) is 19.6 Å². The molecule has 0 radical (unpaired) electrons. The molecular formula is C21H22N4O4. The van der Waals surface area contributed by atoms with Crippen LogP contribution in [0.5, 0.6) is 11.5 Å². The molecule has 1 heterocycles. The first-order valence-electron chi connectivity index (χ1n) is 9.09. The molecule has 0 fully saturated rings. The van der Waals surface area contributed by atoms with Crippen molar-refractivity contribution in [2.45, 2.75) is 33.7 Å². The molecule has 1 unspecified atom stereocenters. The number of carbonyl (C=O) groups excluding carboxylic acids is 1. The number of anilines is 1. The molecule has 1 atom stereocenters. The number of nitrogens with one attached hydrogen (secondary N) is 1. The summed E-state index contributed by atoms with van der Waals surface area (Å²) in [5.74, 6) is 0.498. The average Bonchev–Trinajstić information content (AvgIpc) is 3.05. The number of amides is 1. The number of ether oxygens (including phenoxy) is 1. The van der Waals surface area contributed by atoms with Gasteiger partial charge in [0.25, 0.3) is 5.69 Å². The van der Waals surface area contributed by atoms with E-state index in [4.69, 9.17) is 4.74 Å². The first-order chi connectivity index (χ1) is 13.7. The Hall–Kier alpha value is -3.68. The van der Waals surface area contributed by atoms with E-state index in [-0.39, 0.29) is 23.0 Å². The van der Waals surface area contributed by atoms with Gasteiger partial charge >= 0.3 is 0 Å². The molecule has 0 aliphatic heterocycles. The van der Waals surface area contributed by atoms with E-state index in [1.165, 1.54) is 12.1 Å². The van der Waals surface area contributed by atoms with Gasteiger partial charge in [0, 0.05) is 24.0 Å². The fraction of sp³-hybridized carbons (Fsp3) is 0.238. The molecule has 3 rings (SSSR count). The van der Waals surface area contributed by atoms with Crippen molar-refractivity contribution in [3.8, 4) is 11.5 Å². The number of benzene rings is 2. The zero-order chi connectivity index (χ0) is 21.1. The zero-order valence-corrected chi connectivity index (χ0v) is 16.7. The van der Waals surface area contributed by atoms with Crippen LogP contribution in [0.25, 0.3) is 0 Å². The van der Waals surface area contributed by atoms with E-state index < -0.39 is 11.0 Å². The number of aromatic nitrogens is 2. The van der Waals surface area contributed by atoms with Crippen LogP contribution in [0.3, 0.4) is 0 Å². The number of nitro benzene ring substituents is 1. The first kappa shape index (κ1) is 20.1. The number of nitrogens with zero attached hydrogens (tertiary/aromatic N) is 3. The molecule has 0 spiro atoms. The first-order valence-corrected chi connectivity index (χ1v) is 9.09. The van der Waals surface area contributed by atoms with Gasteiger partial charge in [-0.25, -0.2) is 0 Å². The van der Waals surface area contributed by atoms with Crippen molar-refractivity contribution >= 4 is 17.3 Å². The van der Waals surface area contributed by atoms with E-state index in [1.807, 2.05) is 39.0 Å². The second-order valence-corrected chi connectivity index (χ2v) is 6.98. The van der Waals surface area contributed by atoms with Crippen LogP contribution in [-0.2, 0) is 4.79 Å². The quantitative estimate of drug-likeness (QED) is 0.482. The summed E-state index contributed by atoms with van der Waals surface area (Å²) in [6.07, 6.45) is 1.61. The number of nitro groups is 1. The van der Waals surface area contributed by atoms with Crippen LogP contribution in [0, 0.1) is 30.9 Å². The van der Waals surface area contributed by atoms with Gasteiger partial charge in [-0.05, 0) is 57.0 Å². The SMILES string of the molecule is Cc1cc(C)cc(Oc2cc(NC(=O)C(C)n3nccc3C)cc([N+](=O)[O-])c2)c1. The van der Waals surface area contributed by atoms with Gasteiger partial charge in [-0.2, -0.15) is 5.10 Å². The lowest BCUT2D eigenvalue weighted by Crippen LogP contribution is -2.25. The third kappa shape index (κ3) is 4.78. The van der Waals surface area contributed by atoms with Crippen LogP contribution < -0.4 is 10.1 Å². The fourth-order valence-electron chi connectivity index (χ4n) is 3.09. The van der Waals surface area contributed by atoms with Gasteiger partial charge < -0.3 is 10.1 Å². The van der Waals surface area contributed by atoms with Crippen molar-refractivity contribution in [1.29, 1.82) is 0 Å². The lowest BCUT2D eigenvalue weighted by Gasteiger charge is -2.15. The second kappa shape index (κ2) is 8.14. The van der Waals surface area contributed by atoms with E-state index in [9.17, 15) is 14.9 Å². The minimum atomic E-state index is -0.576. The molecule has 1 N–H and O–H groups in total. The molecule has 0 aliphatic rings. The summed E-state index contributed by atoms with van der Waals surface area (Å²) >= 11 is 0. The monoisotopic (exact) mass is 394 g/mol. The van der Waals surface area contributed by atoms with Crippen molar-refractivity contribution in [3.63, 3.8) is 0 Å². The molecule has 150 valence electrons. The number of hydrogen-bond acceptors (Lipinski definition) is 5. The van der Waals surface area contributed by atoms with Crippen LogP contribution in [0.15, 0.2) is 48.7 Å². The summed E-state index contributed by atoms with van der Waals surface area (Å²) in [5.41, 5.74) is 2.97. The summed E-state index contributed by atoms with van der Waals surface area (Å²) in [6.45, 7) is 7.44. The van der Waals surface area contributed by atoms with Crippen molar-refractivity contribution in [2.24, 2.45) is 0 Å². The van der Waals surface area contributed by atoms with E-state index in [0.717, 1.165) is 16.8 Å². The molecule has 1 amide bonds. The van der Waals surface area contributed by atoms with Gasteiger partial charge in [0.2, 0.25) is 5.91 Å². The Balaban J connectivity index is 1.87. The van der Waals surface area contributed by atoms with Gasteiger partial charge in [0.05, 0.1) is 16.7 Å². The Labute approximate surface area is 168 Å². The predicted octanol–water partition coefficient (Wildman–Crippen LogP) is 4.71. The van der Waals surface area contributed by atoms with Crippen molar-refractivity contribution in [3.05, 3.63) is 75.6 Å². The normalized spacial score (nSPS) is 11.7. The maximum Gasteiger partial charge on any atom is 0.275 e. The molecule has 8 nitrogen and oxygen atoms in total. The molecule has 0 bridgehead atoms. The number of non-ortho nitro benzene ring substituents is 1. The van der Waals surface area contributed by atoms with Crippen LogP contribution >= 0.6 is 0 Å². The summed E-state index contributed by atoms with van der Waals surface area (Å²) in [7, 11) is 0. The summed E-state index contributed by atoms with van der Waals surface area (Å²) in [5, 5.41) is 18.2. The van der Waals surface area contributed by atoms with Crippen molar-refractivity contribution in [2.75, 3.05) is 5.32 Å². The van der Waals surface area contributed by atoms with E-state index in [0.29, 0.717) is 5.75 Å². The highest BCUT2D eigenvalue weighted by molar-refractivity contribution is 5.94. The highest BCUT2D eigenvalue weighted by Gasteiger charge is 2.19. The molecule has 3 aromatic rings. The zero-order valence-electron chi connectivity index (χ0n) is 16.7. The van der Waals surface area contributed by atoms with Crippen LogP contribution in [0.1, 0.15) is 29.8 Å². The molecule has 29 heavy (non-hydrogen) atoms. The number of hydrogen-bond donors (Lipinski definition) is 1. The molecule has 2 aromatic carbocycles. The van der Waals surface area contributed by atoms with E-state index >= 15 is 0 Å². The van der Waals surface area contributed by atoms with Gasteiger partial charge in [-0.15, -0.1) is 0 Å². The third-order valence-electron chi connectivity index (χ3n) is 4.42. The van der Waals surface area contributed by atoms with E-state index in [1.54, 1.807) is 29.9 Å². The maximum atomic E-state index is 12.6. The Kier molecular flexibility index (Phi) is 5.63. The smallest absolute Gasteiger partial charge is 0.275 e. The highest BCUT2D eigenvalue weighted by Crippen LogP contribution is 2.31. The minimum Gasteiger partial charge on any atom is -0.457 e. The number of aryl methyl sites for hydroxylation is 3. The molecule has 0 saturated heterocycles. The molecular weight excluding hydrogens is 372 g/mol. The van der Waals surface area contributed by atoms with Crippen LogP contribution in [-0.4, -0.2) is 20.6 Å². The summed E-state index contributed by atoms with van der Waals surface area (Å²) < 4.78 is 7.41. The Morgan fingerprint density at radius 2 is 1.76 bits per heavy atom. The number of carbonyl (C=O) groups is 1. The van der Waals surface area contributed by atoms with E-state index in [2.05, 4.69) is 10.4 Å². The summed E-state index contributed by atoms with van der Waals surface area (Å²) in [4.78, 5) is 23.4. The third-order valence-corrected chi connectivity index (χ3v) is 4.42. The molecule has 0 aliphatic carbocycles. The van der Waals surface area contributed by atoms with Gasteiger partial charge in [0.1, 0.15) is 17.5 Å². The predicted molar refractivity (Wildman–Crippen MR) is 109 cm³/mol. The van der Waals surface area contributed by atoms with Gasteiger partial charge in [-0.1, -0.05) is 6.07 Å². The maximum absolute atomic E-state index is 12.6.